The first-order valence-corrected chi connectivity index (χ1v) is 6.84. The third-order valence-corrected chi connectivity index (χ3v) is 3.22. The summed E-state index contributed by atoms with van der Waals surface area (Å²) in [5.41, 5.74) is 3.18. The fourth-order valence-electron chi connectivity index (χ4n) is 2.22. The van der Waals surface area contributed by atoms with Gasteiger partial charge in [0, 0.05) is 31.9 Å². The number of aromatic nitrogens is 4. The van der Waals surface area contributed by atoms with Gasteiger partial charge in [0.1, 0.15) is 0 Å². The van der Waals surface area contributed by atoms with E-state index in [0.29, 0.717) is 23.7 Å². The van der Waals surface area contributed by atoms with Crippen LogP contribution in [0.15, 0.2) is 6.20 Å². The second kappa shape index (κ2) is 5.64. The Bertz CT molecular complexity index is 597. The zero-order chi connectivity index (χ0) is 14.9. The molecule has 2 aromatic heterocycles. The average molecular weight is 279 g/mol. The molecule has 0 saturated heterocycles. The number of nitrogens with zero attached hydrogens (tertiary/aromatic N) is 4. The molecular formula is C14H22FN5. The third-order valence-electron chi connectivity index (χ3n) is 3.22. The van der Waals surface area contributed by atoms with Gasteiger partial charge in [0.15, 0.2) is 0 Å². The van der Waals surface area contributed by atoms with Crippen LogP contribution in [0.25, 0.3) is 0 Å². The van der Waals surface area contributed by atoms with E-state index in [9.17, 15) is 4.39 Å². The fourth-order valence-corrected chi connectivity index (χ4v) is 2.22. The first-order chi connectivity index (χ1) is 9.38. The van der Waals surface area contributed by atoms with Crippen molar-refractivity contribution in [1.82, 2.24) is 19.6 Å². The van der Waals surface area contributed by atoms with Gasteiger partial charge < -0.3 is 5.32 Å². The van der Waals surface area contributed by atoms with E-state index >= 15 is 0 Å². The number of hydrogen-bond donors (Lipinski definition) is 1. The van der Waals surface area contributed by atoms with Gasteiger partial charge in [0.05, 0.1) is 17.1 Å². The molecule has 2 rings (SSSR count). The van der Waals surface area contributed by atoms with Crippen molar-refractivity contribution in [2.24, 2.45) is 13.0 Å². The smallest absolute Gasteiger partial charge is 0.216 e. The fraction of sp³-hybridized carbons (Fsp3) is 0.571. The van der Waals surface area contributed by atoms with Crippen molar-refractivity contribution in [1.29, 1.82) is 0 Å². The van der Waals surface area contributed by atoms with Crippen molar-refractivity contribution in [2.75, 3.05) is 5.32 Å². The molecule has 0 saturated carbocycles. The number of nitrogens with one attached hydrogen (secondary N) is 1. The van der Waals surface area contributed by atoms with Gasteiger partial charge in [-0.1, -0.05) is 13.8 Å². The van der Waals surface area contributed by atoms with Gasteiger partial charge in [-0.15, -0.1) is 0 Å². The molecule has 0 aliphatic heterocycles. The molecule has 0 aliphatic rings. The van der Waals surface area contributed by atoms with Crippen LogP contribution in [0.5, 0.6) is 0 Å². The van der Waals surface area contributed by atoms with Crippen molar-refractivity contribution in [2.45, 2.75) is 40.8 Å². The highest BCUT2D eigenvalue weighted by Gasteiger charge is 2.13. The van der Waals surface area contributed by atoms with E-state index in [1.54, 1.807) is 7.05 Å². The molecule has 5 nitrogen and oxygen atoms in total. The van der Waals surface area contributed by atoms with Crippen LogP contribution in [-0.4, -0.2) is 19.6 Å². The van der Waals surface area contributed by atoms with Gasteiger partial charge in [0.25, 0.3) is 0 Å². The highest BCUT2D eigenvalue weighted by Crippen LogP contribution is 2.17. The molecule has 0 radical (unpaired) electrons. The number of hydrogen-bond acceptors (Lipinski definition) is 3. The zero-order valence-corrected chi connectivity index (χ0v) is 12.7. The lowest BCUT2D eigenvalue weighted by molar-refractivity contribution is 0.481. The summed E-state index contributed by atoms with van der Waals surface area (Å²) in [6.07, 6.45) is 1.97. The van der Waals surface area contributed by atoms with Crippen molar-refractivity contribution < 1.29 is 4.39 Å². The topological polar surface area (TPSA) is 47.7 Å². The Balaban J connectivity index is 2.09. The van der Waals surface area contributed by atoms with Gasteiger partial charge in [-0.2, -0.15) is 14.6 Å². The summed E-state index contributed by atoms with van der Waals surface area (Å²) in [5, 5.41) is 11.8. The summed E-state index contributed by atoms with van der Waals surface area (Å²) in [6.45, 7) is 9.36. The molecule has 0 atom stereocenters. The molecule has 1 N–H and O–H groups in total. The van der Waals surface area contributed by atoms with Crippen molar-refractivity contribution >= 4 is 5.69 Å². The van der Waals surface area contributed by atoms with Gasteiger partial charge >= 0.3 is 0 Å². The molecule has 0 bridgehead atoms. The van der Waals surface area contributed by atoms with Crippen LogP contribution in [0.4, 0.5) is 10.1 Å². The lowest BCUT2D eigenvalue weighted by Crippen LogP contribution is -2.05. The molecular weight excluding hydrogens is 257 g/mol. The molecule has 0 aromatic carbocycles. The Morgan fingerprint density at radius 3 is 2.50 bits per heavy atom. The van der Waals surface area contributed by atoms with E-state index in [2.05, 4.69) is 29.4 Å². The number of anilines is 1. The quantitative estimate of drug-likeness (QED) is 0.915. The molecule has 0 amide bonds. The molecule has 0 fully saturated rings. The van der Waals surface area contributed by atoms with E-state index in [1.807, 2.05) is 24.7 Å². The average Bonchev–Trinajstić information content (AvgIpc) is 2.79. The van der Waals surface area contributed by atoms with Gasteiger partial charge in [0.2, 0.25) is 5.95 Å². The van der Waals surface area contributed by atoms with Crippen LogP contribution in [-0.2, 0) is 20.1 Å². The van der Waals surface area contributed by atoms with Crippen LogP contribution in [0, 0.1) is 25.7 Å². The molecule has 0 aliphatic carbocycles. The largest absolute Gasteiger partial charge is 0.378 e. The van der Waals surface area contributed by atoms with Gasteiger partial charge in [-0.05, 0) is 19.8 Å². The number of halogens is 1. The Morgan fingerprint density at radius 2 is 1.95 bits per heavy atom. The van der Waals surface area contributed by atoms with Crippen molar-refractivity contribution in [3.8, 4) is 0 Å². The van der Waals surface area contributed by atoms with Crippen molar-refractivity contribution in [3.05, 3.63) is 29.1 Å². The minimum absolute atomic E-state index is 0.290. The molecule has 110 valence electrons. The molecule has 2 aromatic rings. The maximum atomic E-state index is 13.8. The molecule has 6 heteroatoms. The van der Waals surface area contributed by atoms with E-state index in [4.69, 9.17) is 0 Å². The second-order valence-electron chi connectivity index (χ2n) is 5.58. The Hall–Kier alpha value is -1.85. The Morgan fingerprint density at radius 1 is 1.25 bits per heavy atom. The highest BCUT2D eigenvalue weighted by molar-refractivity contribution is 5.46. The van der Waals surface area contributed by atoms with E-state index in [1.165, 1.54) is 4.68 Å². The summed E-state index contributed by atoms with van der Waals surface area (Å²) in [5.74, 6) is 0.252. The van der Waals surface area contributed by atoms with Crippen LogP contribution >= 0.6 is 0 Å². The number of aryl methyl sites for hydroxylation is 3. The lowest BCUT2D eigenvalue weighted by atomic mass is 10.2. The normalized spacial score (nSPS) is 11.3. The maximum Gasteiger partial charge on any atom is 0.216 e. The molecule has 0 unspecified atom stereocenters. The monoisotopic (exact) mass is 279 g/mol. The lowest BCUT2D eigenvalue weighted by Gasteiger charge is -2.04. The summed E-state index contributed by atoms with van der Waals surface area (Å²) in [4.78, 5) is 0. The van der Waals surface area contributed by atoms with Gasteiger partial charge in [-0.3, -0.25) is 4.68 Å². The van der Waals surface area contributed by atoms with Gasteiger partial charge in [-0.25, -0.2) is 4.68 Å². The summed E-state index contributed by atoms with van der Waals surface area (Å²) < 4.78 is 17.0. The zero-order valence-electron chi connectivity index (χ0n) is 12.7. The Kier molecular flexibility index (Phi) is 4.11. The van der Waals surface area contributed by atoms with E-state index in [-0.39, 0.29) is 5.95 Å². The molecule has 2 heterocycles. The SMILES string of the molecule is Cc1nn(CC(C)C)cc1NCc1c(C)nn(C)c1F. The molecule has 20 heavy (non-hydrogen) atoms. The maximum absolute atomic E-state index is 13.8. The summed E-state index contributed by atoms with van der Waals surface area (Å²) in [6, 6.07) is 0. The first-order valence-electron chi connectivity index (χ1n) is 6.84. The predicted octanol–water partition coefficient (Wildman–Crippen LogP) is 2.64. The summed E-state index contributed by atoms with van der Waals surface area (Å²) >= 11 is 0. The Labute approximate surface area is 118 Å². The predicted molar refractivity (Wildman–Crippen MR) is 77.0 cm³/mol. The standard InChI is InChI=1S/C14H22FN5/c1-9(2)7-20-8-13(11(4)18-20)16-6-12-10(3)17-19(5)14(12)15/h8-9,16H,6-7H2,1-5H3. The minimum atomic E-state index is -0.290. The van der Waals surface area contributed by atoms with Crippen LogP contribution < -0.4 is 5.32 Å². The number of rotatable bonds is 5. The van der Waals surface area contributed by atoms with Crippen LogP contribution in [0.3, 0.4) is 0 Å². The summed E-state index contributed by atoms with van der Waals surface area (Å²) in [7, 11) is 1.61. The van der Waals surface area contributed by atoms with Crippen LogP contribution in [0.1, 0.15) is 30.8 Å². The van der Waals surface area contributed by atoms with E-state index in [0.717, 1.165) is 17.9 Å². The molecule has 0 spiro atoms. The van der Waals surface area contributed by atoms with Crippen LogP contribution in [0.2, 0.25) is 0 Å². The first kappa shape index (κ1) is 14.6. The third kappa shape index (κ3) is 3.00. The van der Waals surface area contributed by atoms with Crippen molar-refractivity contribution in [3.63, 3.8) is 0 Å². The highest BCUT2D eigenvalue weighted by atomic mass is 19.1. The van der Waals surface area contributed by atoms with E-state index < -0.39 is 0 Å². The minimum Gasteiger partial charge on any atom is -0.378 e. The second-order valence-corrected chi connectivity index (χ2v) is 5.58.